The second kappa shape index (κ2) is 7.58. The SMILES string of the molecule is CCN1CCN(c2ccc(N3C(N)=NC(N)=NC34CCCCC4)c(F)c2)CC1. The Hall–Kier alpha value is -2.35. The van der Waals surface area contributed by atoms with Crippen molar-refractivity contribution in [3.05, 3.63) is 24.0 Å². The highest BCUT2D eigenvalue weighted by Gasteiger charge is 2.43. The minimum absolute atomic E-state index is 0.182. The number of nitrogens with zero attached hydrogens (tertiary/aromatic N) is 5. The molecule has 0 radical (unpaired) electrons. The molecule has 1 aromatic rings. The smallest absolute Gasteiger partial charge is 0.220 e. The van der Waals surface area contributed by atoms with E-state index < -0.39 is 5.66 Å². The van der Waals surface area contributed by atoms with Gasteiger partial charge in [-0.25, -0.2) is 9.38 Å². The molecular formula is C20H30FN7. The molecule has 2 heterocycles. The monoisotopic (exact) mass is 387 g/mol. The normalized spacial score (nSPS) is 22.9. The van der Waals surface area contributed by atoms with E-state index in [1.54, 1.807) is 11.0 Å². The van der Waals surface area contributed by atoms with Gasteiger partial charge in [-0.05, 0) is 50.4 Å². The number of guanidine groups is 2. The van der Waals surface area contributed by atoms with Crippen molar-refractivity contribution in [2.45, 2.75) is 44.7 Å². The third-order valence-corrected chi connectivity index (χ3v) is 6.21. The largest absolute Gasteiger partial charge is 0.369 e. The Morgan fingerprint density at radius 3 is 2.43 bits per heavy atom. The van der Waals surface area contributed by atoms with E-state index in [9.17, 15) is 0 Å². The van der Waals surface area contributed by atoms with Gasteiger partial charge < -0.3 is 21.3 Å². The number of piperazine rings is 1. The van der Waals surface area contributed by atoms with Crippen LogP contribution in [-0.2, 0) is 0 Å². The third kappa shape index (κ3) is 3.41. The molecule has 0 atom stereocenters. The Kier molecular flexibility index (Phi) is 5.14. The summed E-state index contributed by atoms with van der Waals surface area (Å²) in [6, 6.07) is 5.40. The van der Waals surface area contributed by atoms with Crippen LogP contribution >= 0.6 is 0 Å². The molecule has 0 aromatic heterocycles. The molecule has 0 unspecified atom stereocenters. The van der Waals surface area contributed by atoms with Crippen LogP contribution in [0.5, 0.6) is 0 Å². The van der Waals surface area contributed by atoms with E-state index in [0.29, 0.717) is 5.69 Å². The van der Waals surface area contributed by atoms with Gasteiger partial charge in [-0.2, -0.15) is 4.99 Å². The molecule has 3 aliphatic rings. The summed E-state index contributed by atoms with van der Waals surface area (Å²) in [5, 5.41) is 0. The Bertz CT molecular complexity index is 777. The van der Waals surface area contributed by atoms with Gasteiger partial charge in [0.15, 0.2) is 0 Å². The molecule has 152 valence electrons. The zero-order valence-corrected chi connectivity index (χ0v) is 16.6. The van der Waals surface area contributed by atoms with Crippen molar-refractivity contribution in [3.8, 4) is 0 Å². The number of rotatable bonds is 3. The van der Waals surface area contributed by atoms with Gasteiger partial charge in [0, 0.05) is 31.9 Å². The van der Waals surface area contributed by atoms with E-state index in [1.165, 1.54) is 0 Å². The summed E-state index contributed by atoms with van der Waals surface area (Å²) in [7, 11) is 0. The molecule has 4 rings (SSSR count). The van der Waals surface area contributed by atoms with E-state index in [-0.39, 0.29) is 17.7 Å². The predicted octanol–water partition coefficient (Wildman–Crippen LogP) is 2.08. The maximum Gasteiger partial charge on any atom is 0.220 e. The average molecular weight is 388 g/mol. The van der Waals surface area contributed by atoms with Crippen molar-refractivity contribution < 1.29 is 4.39 Å². The van der Waals surface area contributed by atoms with E-state index in [4.69, 9.17) is 11.5 Å². The highest BCUT2D eigenvalue weighted by molar-refractivity contribution is 6.05. The first-order chi connectivity index (χ1) is 13.5. The lowest BCUT2D eigenvalue weighted by Crippen LogP contribution is -2.58. The van der Waals surface area contributed by atoms with Crippen LogP contribution in [0.1, 0.15) is 39.0 Å². The summed E-state index contributed by atoms with van der Waals surface area (Å²) in [6.07, 6.45) is 4.77. The highest BCUT2D eigenvalue weighted by Crippen LogP contribution is 2.40. The van der Waals surface area contributed by atoms with Crippen LogP contribution in [-0.4, -0.2) is 55.2 Å². The number of aliphatic imine (C=N–C) groups is 2. The van der Waals surface area contributed by atoms with E-state index in [1.807, 2.05) is 12.1 Å². The number of halogens is 1. The number of nitrogens with two attached hydrogens (primary N) is 2. The van der Waals surface area contributed by atoms with Crippen LogP contribution in [0.3, 0.4) is 0 Å². The number of benzene rings is 1. The lowest BCUT2D eigenvalue weighted by Gasteiger charge is -2.45. The van der Waals surface area contributed by atoms with Crippen LogP contribution in [0.4, 0.5) is 15.8 Å². The summed E-state index contributed by atoms with van der Waals surface area (Å²) < 4.78 is 15.3. The first-order valence-electron chi connectivity index (χ1n) is 10.3. The van der Waals surface area contributed by atoms with E-state index >= 15 is 4.39 Å². The number of likely N-dealkylation sites (N-methyl/N-ethyl adjacent to an activating group) is 1. The quantitative estimate of drug-likeness (QED) is 0.829. The molecule has 2 fully saturated rings. The second-order valence-corrected chi connectivity index (χ2v) is 7.88. The molecule has 1 spiro atoms. The fraction of sp³-hybridized carbons (Fsp3) is 0.600. The van der Waals surface area contributed by atoms with Crippen molar-refractivity contribution in [2.24, 2.45) is 21.5 Å². The summed E-state index contributed by atoms with van der Waals surface area (Å²) in [6.45, 7) is 7.05. The topological polar surface area (TPSA) is 86.5 Å². The molecule has 28 heavy (non-hydrogen) atoms. The van der Waals surface area contributed by atoms with Gasteiger partial charge in [0.2, 0.25) is 11.9 Å². The molecular weight excluding hydrogens is 357 g/mol. The van der Waals surface area contributed by atoms with Crippen LogP contribution in [0.15, 0.2) is 28.2 Å². The summed E-state index contributed by atoms with van der Waals surface area (Å²) >= 11 is 0. The maximum absolute atomic E-state index is 15.3. The highest BCUT2D eigenvalue weighted by atomic mass is 19.1. The van der Waals surface area contributed by atoms with Crippen LogP contribution in [0, 0.1) is 5.82 Å². The van der Waals surface area contributed by atoms with E-state index in [0.717, 1.165) is 70.5 Å². The van der Waals surface area contributed by atoms with Gasteiger partial charge in [-0.3, -0.25) is 4.90 Å². The Morgan fingerprint density at radius 2 is 1.79 bits per heavy atom. The molecule has 1 aromatic carbocycles. The van der Waals surface area contributed by atoms with Crippen LogP contribution in [0.25, 0.3) is 0 Å². The van der Waals surface area contributed by atoms with Crippen molar-refractivity contribution in [2.75, 3.05) is 42.5 Å². The zero-order chi connectivity index (χ0) is 19.7. The fourth-order valence-electron chi connectivity index (χ4n) is 4.67. The van der Waals surface area contributed by atoms with Crippen LogP contribution in [0.2, 0.25) is 0 Å². The van der Waals surface area contributed by atoms with Crippen molar-refractivity contribution in [1.82, 2.24) is 4.90 Å². The van der Waals surface area contributed by atoms with Crippen molar-refractivity contribution >= 4 is 23.3 Å². The lowest BCUT2D eigenvalue weighted by atomic mass is 9.87. The van der Waals surface area contributed by atoms with Crippen molar-refractivity contribution in [3.63, 3.8) is 0 Å². The molecule has 2 aliphatic heterocycles. The first-order valence-corrected chi connectivity index (χ1v) is 10.3. The number of anilines is 2. The predicted molar refractivity (Wildman–Crippen MR) is 112 cm³/mol. The van der Waals surface area contributed by atoms with Crippen molar-refractivity contribution in [1.29, 1.82) is 0 Å². The molecule has 1 aliphatic carbocycles. The van der Waals surface area contributed by atoms with Gasteiger partial charge >= 0.3 is 0 Å². The molecule has 1 saturated carbocycles. The molecule has 1 saturated heterocycles. The molecule has 8 heteroatoms. The molecule has 0 amide bonds. The summed E-state index contributed by atoms with van der Waals surface area (Å²) in [5.74, 6) is 0.105. The second-order valence-electron chi connectivity index (χ2n) is 7.88. The average Bonchev–Trinajstić information content (AvgIpc) is 2.69. The van der Waals surface area contributed by atoms with Crippen LogP contribution < -0.4 is 21.3 Å². The third-order valence-electron chi connectivity index (χ3n) is 6.21. The van der Waals surface area contributed by atoms with Gasteiger partial charge in [-0.1, -0.05) is 13.3 Å². The van der Waals surface area contributed by atoms with E-state index in [2.05, 4.69) is 26.7 Å². The molecule has 7 nitrogen and oxygen atoms in total. The van der Waals surface area contributed by atoms with Gasteiger partial charge in [0.1, 0.15) is 11.5 Å². The molecule has 4 N–H and O–H groups in total. The lowest BCUT2D eigenvalue weighted by molar-refractivity contribution is 0.271. The standard InChI is InChI=1S/C20H30FN7/c1-2-26-10-12-27(13-11-26)15-6-7-17(16(21)14-15)28-19(23)24-18(22)25-20(28)8-4-3-5-9-20/h6-7,14H,2-5,8-13H2,1H3,(H4,22,23,24,25). The van der Waals surface area contributed by atoms with Gasteiger partial charge in [0.25, 0.3) is 0 Å². The fourth-order valence-corrected chi connectivity index (χ4v) is 4.67. The number of hydrogen-bond donors (Lipinski definition) is 2. The first kappa shape index (κ1) is 19.0. The minimum atomic E-state index is -0.622. The Morgan fingerprint density at radius 1 is 1.07 bits per heavy atom. The summed E-state index contributed by atoms with van der Waals surface area (Å²) in [5.41, 5.74) is 12.8. The molecule has 0 bridgehead atoms. The van der Waals surface area contributed by atoms with Gasteiger partial charge in [-0.15, -0.1) is 0 Å². The summed E-state index contributed by atoms with van der Waals surface area (Å²) in [4.78, 5) is 15.1. The zero-order valence-electron chi connectivity index (χ0n) is 16.6. The maximum atomic E-state index is 15.3. The van der Waals surface area contributed by atoms with Gasteiger partial charge in [0.05, 0.1) is 5.69 Å². The minimum Gasteiger partial charge on any atom is -0.369 e. The Balaban J connectivity index is 1.62. The Labute approximate surface area is 165 Å². The number of hydrogen-bond acceptors (Lipinski definition) is 7.